The van der Waals surface area contributed by atoms with E-state index < -0.39 is 0 Å². The fraction of sp³-hybridized carbons (Fsp3) is 0.565. The summed E-state index contributed by atoms with van der Waals surface area (Å²) in [5, 5.41) is 3.26. The molecule has 6 heteroatoms. The van der Waals surface area contributed by atoms with Gasteiger partial charge in [-0.3, -0.25) is 9.69 Å². The molecule has 2 fully saturated rings. The second-order valence-corrected chi connectivity index (χ2v) is 9.57. The summed E-state index contributed by atoms with van der Waals surface area (Å²) in [6.07, 6.45) is 4.85. The van der Waals surface area contributed by atoms with Crippen molar-refractivity contribution in [1.29, 1.82) is 0 Å². The van der Waals surface area contributed by atoms with Crippen LogP contribution in [-0.4, -0.2) is 46.9 Å². The lowest BCUT2D eigenvalue weighted by atomic mass is 9.88. The predicted octanol–water partition coefficient (Wildman–Crippen LogP) is 4.28. The van der Waals surface area contributed by atoms with Gasteiger partial charge in [-0.05, 0) is 75.7 Å². The van der Waals surface area contributed by atoms with E-state index in [9.17, 15) is 9.18 Å². The number of halogens is 1. The molecule has 0 N–H and O–H groups in total. The molecule has 1 aromatic carbocycles. The van der Waals surface area contributed by atoms with Crippen molar-refractivity contribution in [2.75, 3.05) is 26.2 Å². The number of carbonyl (C=O) groups excluding carboxylic acids is 1. The number of thiazole rings is 1. The van der Waals surface area contributed by atoms with Crippen LogP contribution in [0.1, 0.15) is 41.9 Å². The minimum Gasteiger partial charge on any atom is -0.342 e. The number of carbonyl (C=O) groups is 1. The van der Waals surface area contributed by atoms with Crippen molar-refractivity contribution in [1.82, 2.24) is 14.8 Å². The second-order valence-electron chi connectivity index (χ2n) is 8.51. The molecule has 29 heavy (non-hydrogen) atoms. The molecule has 0 bridgehead atoms. The van der Waals surface area contributed by atoms with Crippen molar-refractivity contribution in [3.8, 4) is 0 Å². The zero-order valence-electron chi connectivity index (χ0n) is 17.1. The molecule has 0 aliphatic carbocycles. The molecular weight excluding hydrogens is 385 g/mol. The van der Waals surface area contributed by atoms with Crippen molar-refractivity contribution in [2.24, 2.45) is 11.8 Å². The van der Waals surface area contributed by atoms with Crippen LogP contribution < -0.4 is 0 Å². The Morgan fingerprint density at radius 3 is 2.59 bits per heavy atom. The Kier molecular flexibility index (Phi) is 6.60. The van der Waals surface area contributed by atoms with Crippen molar-refractivity contribution < 1.29 is 9.18 Å². The Morgan fingerprint density at radius 1 is 1.17 bits per heavy atom. The molecule has 2 aromatic rings. The number of nitrogens with zero attached hydrogens (tertiary/aromatic N) is 3. The number of likely N-dealkylation sites (tertiary alicyclic amines) is 2. The Hall–Kier alpha value is -1.79. The summed E-state index contributed by atoms with van der Waals surface area (Å²) in [5.74, 6) is 0.900. The number of benzene rings is 1. The van der Waals surface area contributed by atoms with Crippen LogP contribution in [0, 0.1) is 24.6 Å². The number of piperidine rings is 2. The van der Waals surface area contributed by atoms with Crippen LogP contribution >= 0.6 is 11.3 Å². The Morgan fingerprint density at radius 2 is 1.93 bits per heavy atom. The second kappa shape index (κ2) is 9.35. The van der Waals surface area contributed by atoms with Crippen molar-refractivity contribution in [2.45, 2.75) is 45.6 Å². The number of hydrogen-bond donors (Lipinski definition) is 0. The zero-order valence-corrected chi connectivity index (χ0v) is 18.0. The van der Waals surface area contributed by atoms with Crippen LogP contribution in [0.15, 0.2) is 29.6 Å². The summed E-state index contributed by atoms with van der Waals surface area (Å²) < 4.78 is 13.4. The van der Waals surface area contributed by atoms with Gasteiger partial charge in [-0.2, -0.15) is 0 Å². The maximum absolute atomic E-state index is 13.4. The van der Waals surface area contributed by atoms with Gasteiger partial charge in [0.2, 0.25) is 5.91 Å². The average molecular weight is 416 g/mol. The topological polar surface area (TPSA) is 36.4 Å². The summed E-state index contributed by atoms with van der Waals surface area (Å²) in [4.78, 5) is 22.0. The molecule has 0 unspecified atom stereocenters. The third-order valence-corrected chi connectivity index (χ3v) is 7.15. The first-order valence-electron chi connectivity index (χ1n) is 10.7. The summed E-state index contributed by atoms with van der Waals surface area (Å²) in [7, 11) is 0. The molecule has 0 atom stereocenters. The number of amides is 1. The van der Waals surface area contributed by atoms with Gasteiger partial charge in [0.05, 0.1) is 10.7 Å². The summed E-state index contributed by atoms with van der Waals surface area (Å²) in [5.41, 5.74) is 2.22. The van der Waals surface area contributed by atoms with Gasteiger partial charge in [-0.25, -0.2) is 9.37 Å². The highest BCUT2D eigenvalue weighted by Gasteiger charge is 2.31. The van der Waals surface area contributed by atoms with Crippen LogP contribution in [0.4, 0.5) is 4.39 Å². The van der Waals surface area contributed by atoms with Crippen LogP contribution in [0.5, 0.6) is 0 Å². The molecule has 3 heterocycles. The zero-order chi connectivity index (χ0) is 20.2. The number of aryl methyl sites for hydroxylation is 1. The highest BCUT2D eigenvalue weighted by atomic mass is 32.1. The average Bonchev–Trinajstić information content (AvgIpc) is 3.13. The van der Waals surface area contributed by atoms with Gasteiger partial charge in [0.15, 0.2) is 0 Å². The van der Waals surface area contributed by atoms with E-state index >= 15 is 0 Å². The molecule has 2 aliphatic rings. The van der Waals surface area contributed by atoms with Gasteiger partial charge in [-0.1, -0.05) is 12.1 Å². The van der Waals surface area contributed by atoms with Crippen molar-refractivity contribution in [3.63, 3.8) is 0 Å². The van der Waals surface area contributed by atoms with Crippen LogP contribution in [0.3, 0.4) is 0 Å². The Balaban J connectivity index is 1.21. The lowest BCUT2D eigenvalue weighted by molar-refractivity contribution is -0.138. The first kappa shape index (κ1) is 20.5. The summed E-state index contributed by atoms with van der Waals surface area (Å²) >= 11 is 1.70. The monoisotopic (exact) mass is 415 g/mol. The number of rotatable bonds is 5. The molecule has 2 aliphatic heterocycles. The van der Waals surface area contributed by atoms with Crippen LogP contribution in [0.25, 0.3) is 0 Å². The van der Waals surface area contributed by atoms with Gasteiger partial charge in [0, 0.05) is 30.9 Å². The van der Waals surface area contributed by atoms with E-state index in [4.69, 9.17) is 0 Å². The molecule has 1 aromatic heterocycles. The first-order valence-corrected chi connectivity index (χ1v) is 11.6. The molecule has 156 valence electrons. The third kappa shape index (κ3) is 5.43. The van der Waals surface area contributed by atoms with Crippen molar-refractivity contribution >= 4 is 17.2 Å². The molecule has 4 rings (SSSR count). The fourth-order valence-corrected chi connectivity index (χ4v) is 5.26. The van der Waals surface area contributed by atoms with E-state index in [1.54, 1.807) is 23.5 Å². The lowest BCUT2D eigenvalue weighted by Gasteiger charge is -2.37. The minimum atomic E-state index is -0.161. The van der Waals surface area contributed by atoms with E-state index in [1.165, 1.54) is 6.07 Å². The first-order chi connectivity index (χ1) is 14.1. The predicted molar refractivity (Wildman–Crippen MR) is 114 cm³/mol. The smallest absolute Gasteiger partial charge is 0.225 e. The molecular formula is C23H30FN3OS. The van der Waals surface area contributed by atoms with Crippen LogP contribution in [-0.2, 0) is 17.8 Å². The minimum absolute atomic E-state index is 0.161. The third-order valence-electron chi connectivity index (χ3n) is 6.33. The van der Waals surface area contributed by atoms with E-state index in [-0.39, 0.29) is 11.7 Å². The van der Waals surface area contributed by atoms with Gasteiger partial charge >= 0.3 is 0 Å². The van der Waals surface area contributed by atoms with E-state index in [1.807, 2.05) is 13.0 Å². The van der Waals surface area contributed by atoms with Crippen LogP contribution in [0.2, 0.25) is 0 Å². The Labute approximate surface area is 176 Å². The highest BCUT2D eigenvalue weighted by Crippen LogP contribution is 2.26. The quantitative estimate of drug-likeness (QED) is 0.731. The SMILES string of the molecule is Cc1nc(CN2CCC(C(=O)N3CCC(Cc4cccc(F)c4)CC3)CC2)cs1. The standard InChI is InChI=1S/C23H30FN3OS/c1-17-25-22(16-29-17)15-26-9-7-20(8-10-26)23(28)27-11-5-18(6-12-27)13-19-3-2-4-21(24)14-19/h2-4,14,16,18,20H,5-13,15H2,1H3. The van der Waals surface area contributed by atoms with E-state index in [0.717, 1.165) is 81.1 Å². The number of aromatic nitrogens is 1. The highest BCUT2D eigenvalue weighted by molar-refractivity contribution is 7.09. The Bertz CT molecular complexity index is 823. The molecule has 0 spiro atoms. The van der Waals surface area contributed by atoms with Gasteiger partial charge in [0.1, 0.15) is 5.82 Å². The molecule has 2 saturated heterocycles. The molecule has 0 radical (unpaired) electrons. The normalized spacial score (nSPS) is 19.6. The molecule has 0 saturated carbocycles. The maximum atomic E-state index is 13.4. The van der Waals surface area contributed by atoms with Gasteiger partial charge < -0.3 is 4.90 Å². The summed E-state index contributed by atoms with van der Waals surface area (Å²) in [6.45, 7) is 6.58. The molecule has 1 amide bonds. The maximum Gasteiger partial charge on any atom is 0.225 e. The van der Waals surface area contributed by atoms with Gasteiger partial charge in [0.25, 0.3) is 0 Å². The van der Waals surface area contributed by atoms with Crippen molar-refractivity contribution in [3.05, 3.63) is 51.7 Å². The fourth-order valence-electron chi connectivity index (χ4n) is 4.66. The number of hydrogen-bond acceptors (Lipinski definition) is 4. The van der Waals surface area contributed by atoms with E-state index in [2.05, 4.69) is 20.2 Å². The lowest BCUT2D eigenvalue weighted by Crippen LogP contribution is -2.45. The molecule has 4 nitrogen and oxygen atoms in total. The van der Waals surface area contributed by atoms with E-state index in [0.29, 0.717) is 11.8 Å². The largest absolute Gasteiger partial charge is 0.342 e. The van der Waals surface area contributed by atoms with Gasteiger partial charge in [-0.15, -0.1) is 11.3 Å². The summed E-state index contributed by atoms with van der Waals surface area (Å²) in [6, 6.07) is 6.92.